The number of aliphatic hydroxyl groups is 1. The van der Waals surface area contributed by atoms with E-state index in [9.17, 15) is 20.0 Å². The fourth-order valence-corrected chi connectivity index (χ4v) is 1.91. The number of nitro groups is 1. The van der Waals surface area contributed by atoms with Gasteiger partial charge in [-0.15, -0.1) is 0 Å². The van der Waals surface area contributed by atoms with Crippen LogP contribution >= 0.6 is 0 Å². The summed E-state index contributed by atoms with van der Waals surface area (Å²) in [6, 6.07) is 5.88. The summed E-state index contributed by atoms with van der Waals surface area (Å²) in [4.78, 5) is 23.3. The molecular formula is C12H14N2O5. The van der Waals surface area contributed by atoms with Crippen LogP contribution in [0.15, 0.2) is 24.3 Å². The van der Waals surface area contributed by atoms with Gasteiger partial charge in [0.1, 0.15) is 0 Å². The van der Waals surface area contributed by atoms with Crippen molar-refractivity contribution in [3.8, 4) is 5.75 Å². The molecule has 1 aromatic carbocycles. The predicted molar refractivity (Wildman–Crippen MR) is 65.8 cm³/mol. The van der Waals surface area contributed by atoms with Gasteiger partial charge >= 0.3 is 5.69 Å². The van der Waals surface area contributed by atoms with Crippen molar-refractivity contribution in [2.45, 2.75) is 12.5 Å². The molecule has 1 aliphatic heterocycles. The summed E-state index contributed by atoms with van der Waals surface area (Å²) in [5.41, 5.74) is -1.01. The molecule has 1 saturated heterocycles. The average Bonchev–Trinajstić information content (AvgIpc) is 2.33. The maximum atomic E-state index is 11.7. The summed E-state index contributed by atoms with van der Waals surface area (Å²) in [5.74, 6) is -0.238. The summed E-state index contributed by atoms with van der Waals surface area (Å²) in [6.45, 7) is 1.87. The zero-order chi connectivity index (χ0) is 14.0. The van der Waals surface area contributed by atoms with Gasteiger partial charge in [-0.1, -0.05) is 12.1 Å². The first-order valence-corrected chi connectivity index (χ1v) is 5.75. The molecule has 1 fully saturated rings. The van der Waals surface area contributed by atoms with Crippen LogP contribution in [0.2, 0.25) is 0 Å². The van der Waals surface area contributed by atoms with Crippen molar-refractivity contribution < 1.29 is 19.6 Å². The standard InChI is InChI=1S/C12H14N2O5/c1-12(16)7-13(8-12)11(15)6-19-10-5-3-2-4-9(10)14(17)18/h2-5,16H,6-8H2,1H3. The lowest BCUT2D eigenvalue weighted by Crippen LogP contribution is -2.62. The van der Waals surface area contributed by atoms with Gasteiger partial charge in [0.05, 0.1) is 23.6 Å². The lowest BCUT2D eigenvalue weighted by molar-refractivity contribution is -0.385. The Kier molecular flexibility index (Phi) is 3.39. The molecule has 0 radical (unpaired) electrons. The van der Waals surface area contributed by atoms with Crippen molar-refractivity contribution >= 4 is 11.6 Å². The molecule has 1 N–H and O–H groups in total. The number of para-hydroxylation sites is 2. The van der Waals surface area contributed by atoms with Gasteiger partial charge in [0.25, 0.3) is 5.91 Å². The Morgan fingerprint density at radius 2 is 2.16 bits per heavy atom. The van der Waals surface area contributed by atoms with E-state index in [0.29, 0.717) is 0 Å². The first-order chi connectivity index (χ1) is 8.89. The molecule has 1 amide bonds. The van der Waals surface area contributed by atoms with Gasteiger partial charge in [0, 0.05) is 6.07 Å². The van der Waals surface area contributed by atoms with Crippen molar-refractivity contribution in [1.29, 1.82) is 0 Å². The third-order valence-electron chi connectivity index (χ3n) is 2.83. The topological polar surface area (TPSA) is 92.9 Å². The number of hydrogen-bond acceptors (Lipinski definition) is 5. The second-order valence-electron chi connectivity index (χ2n) is 4.76. The van der Waals surface area contributed by atoms with Gasteiger partial charge in [-0.3, -0.25) is 14.9 Å². The molecule has 0 bridgehead atoms. The minimum absolute atomic E-state index is 0.0631. The SMILES string of the molecule is CC1(O)CN(C(=O)COc2ccccc2[N+](=O)[O-])C1. The van der Waals surface area contributed by atoms with Crippen molar-refractivity contribution in [3.05, 3.63) is 34.4 Å². The monoisotopic (exact) mass is 266 g/mol. The number of rotatable bonds is 4. The molecule has 19 heavy (non-hydrogen) atoms. The largest absolute Gasteiger partial charge is 0.477 e. The van der Waals surface area contributed by atoms with Crippen molar-refractivity contribution in [3.63, 3.8) is 0 Å². The Morgan fingerprint density at radius 3 is 2.74 bits per heavy atom. The molecule has 1 heterocycles. The number of benzene rings is 1. The van der Waals surface area contributed by atoms with Crippen molar-refractivity contribution in [2.24, 2.45) is 0 Å². The summed E-state index contributed by atoms with van der Waals surface area (Å²) in [7, 11) is 0. The molecule has 1 aliphatic rings. The second-order valence-corrected chi connectivity index (χ2v) is 4.76. The van der Waals surface area contributed by atoms with Gasteiger partial charge in [0.2, 0.25) is 0 Å². The zero-order valence-electron chi connectivity index (χ0n) is 10.4. The fourth-order valence-electron chi connectivity index (χ4n) is 1.91. The molecule has 7 nitrogen and oxygen atoms in total. The molecular weight excluding hydrogens is 252 g/mol. The third kappa shape index (κ3) is 3.00. The van der Waals surface area contributed by atoms with E-state index in [2.05, 4.69) is 0 Å². The van der Waals surface area contributed by atoms with Crippen LogP contribution in [-0.4, -0.2) is 46.1 Å². The normalized spacial score (nSPS) is 16.6. The molecule has 0 atom stereocenters. The fraction of sp³-hybridized carbons (Fsp3) is 0.417. The van der Waals surface area contributed by atoms with E-state index in [-0.39, 0.29) is 37.0 Å². The first kappa shape index (κ1) is 13.3. The number of carbonyl (C=O) groups excluding carboxylic acids is 1. The van der Waals surface area contributed by atoms with Crippen LogP contribution in [0.5, 0.6) is 5.75 Å². The maximum Gasteiger partial charge on any atom is 0.310 e. The summed E-state index contributed by atoms with van der Waals surface area (Å²) >= 11 is 0. The lowest BCUT2D eigenvalue weighted by Gasteiger charge is -2.43. The summed E-state index contributed by atoms with van der Waals surface area (Å²) < 4.78 is 5.17. The number of nitro benzene ring substituents is 1. The quantitative estimate of drug-likeness (QED) is 0.635. The van der Waals surface area contributed by atoms with Crippen molar-refractivity contribution in [1.82, 2.24) is 4.90 Å². The molecule has 0 spiro atoms. The molecule has 1 aromatic rings. The summed E-state index contributed by atoms with van der Waals surface area (Å²) in [5, 5.41) is 20.3. The number of likely N-dealkylation sites (tertiary alicyclic amines) is 1. The highest BCUT2D eigenvalue weighted by Gasteiger charge is 2.39. The van der Waals surface area contributed by atoms with E-state index >= 15 is 0 Å². The highest BCUT2D eigenvalue weighted by molar-refractivity contribution is 5.79. The summed E-state index contributed by atoms with van der Waals surface area (Å²) in [6.07, 6.45) is 0. The van der Waals surface area contributed by atoms with E-state index in [4.69, 9.17) is 4.74 Å². The minimum Gasteiger partial charge on any atom is -0.477 e. The number of β-amino-alcohol motifs (C(OH)–C–C–N with tert-alkyl or cyclic N) is 1. The van der Waals surface area contributed by atoms with E-state index < -0.39 is 10.5 Å². The highest BCUT2D eigenvalue weighted by atomic mass is 16.6. The van der Waals surface area contributed by atoms with Gasteiger partial charge in [-0.2, -0.15) is 0 Å². The smallest absolute Gasteiger partial charge is 0.310 e. The van der Waals surface area contributed by atoms with E-state index in [1.807, 2.05) is 0 Å². The minimum atomic E-state index is -0.839. The number of nitrogens with zero attached hydrogens (tertiary/aromatic N) is 2. The van der Waals surface area contributed by atoms with Gasteiger partial charge in [-0.05, 0) is 13.0 Å². The van der Waals surface area contributed by atoms with E-state index in [1.165, 1.54) is 23.1 Å². The number of carbonyl (C=O) groups is 1. The molecule has 0 unspecified atom stereocenters. The van der Waals surface area contributed by atoms with Crippen LogP contribution in [0, 0.1) is 10.1 Å². The third-order valence-corrected chi connectivity index (χ3v) is 2.83. The predicted octanol–water partition coefficient (Wildman–Crippen LogP) is 0.567. The Morgan fingerprint density at radius 1 is 1.53 bits per heavy atom. The number of amides is 1. The highest BCUT2D eigenvalue weighted by Crippen LogP contribution is 2.26. The molecule has 0 aromatic heterocycles. The molecule has 0 aliphatic carbocycles. The Balaban J connectivity index is 1.93. The van der Waals surface area contributed by atoms with Gasteiger partial charge in [0.15, 0.2) is 12.4 Å². The molecule has 0 saturated carbocycles. The first-order valence-electron chi connectivity index (χ1n) is 5.75. The second kappa shape index (κ2) is 4.85. The molecule has 7 heteroatoms. The van der Waals surface area contributed by atoms with Crippen LogP contribution < -0.4 is 4.74 Å². The van der Waals surface area contributed by atoms with E-state index in [1.54, 1.807) is 13.0 Å². The number of ether oxygens (including phenoxy) is 1. The van der Waals surface area contributed by atoms with E-state index in [0.717, 1.165) is 0 Å². The molecule has 102 valence electrons. The Labute approximate surface area is 109 Å². The molecule has 2 rings (SSSR count). The van der Waals surface area contributed by atoms with Crippen LogP contribution in [0.25, 0.3) is 0 Å². The lowest BCUT2D eigenvalue weighted by atomic mass is 9.97. The maximum absolute atomic E-state index is 11.7. The average molecular weight is 266 g/mol. The zero-order valence-corrected chi connectivity index (χ0v) is 10.4. The van der Waals surface area contributed by atoms with Gasteiger partial charge in [-0.25, -0.2) is 0 Å². The van der Waals surface area contributed by atoms with Crippen molar-refractivity contribution in [2.75, 3.05) is 19.7 Å². The van der Waals surface area contributed by atoms with Crippen LogP contribution in [-0.2, 0) is 4.79 Å². The Bertz CT molecular complexity index is 507. The number of hydrogen-bond donors (Lipinski definition) is 1. The van der Waals surface area contributed by atoms with Crippen LogP contribution in [0.3, 0.4) is 0 Å². The van der Waals surface area contributed by atoms with Crippen LogP contribution in [0.1, 0.15) is 6.92 Å². The Hall–Kier alpha value is -2.15. The van der Waals surface area contributed by atoms with Crippen LogP contribution in [0.4, 0.5) is 5.69 Å². The van der Waals surface area contributed by atoms with Gasteiger partial charge < -0.3 is 14.7 Å².